The number of nitrogens with one attached hydrogen (secondary N) is 1. The lowest BCUT2D eigenvalue weighted by atomic mass is 9.89. The summed E-state index contributed by atoms with van der Waals surface area (Å²) in [6.45, 7) is 1.02. The van der Waals surface area contributed by atoms with Crippen molar-refractivity contribution in [2.75, 3.05) is 19.8 Å². The van der Waals surface area contributed by atoms with Gasteiger partial charge in [-0.1, -0.05) is 53.1 Å². The molecule has 4 rings (SSSR count). The number of carbonyl (C=O) groups is 1. The molecule has 3 aromatic rings. The van der Waals surface area contributed by atoms with Gasteiger partial charge in [0, 0.05) is 41.5 Å². The van der Waals surface area contributed by atoms with Gasteiger partial charge in [-0.05, 0) is 58.6 Å². The highest BCUT2D eigenvalue weighted by Gasteiger charge is 2.44. The van der Waals surface area contributed by atoms with E-state index in [1.807, 2.05) is 48.5 Å². The molecule has 10 heteroatoms. The van der Waals surface area contributed by atoms with Crippen LogP contribution < -0.4 is 10.1 Å². The summed E-state index contributed by atoms with van der Waals surface area (Å²) in [5.41, 5.74) is 10.9. The van der Waals surface area contributed by atoms with E-state index < -0.39 is 5.54 Å². The maximum Gasteiger partial charge on any atom is 0.252 e. The highest BCUT2D eigenvalue weighted by molar-refractivity contribution is 6.30. The number of hydrogen-bond donors (Lipinski definition) is 2. The van der Waals surface area contributed by atoms with Crippen LogP contribution in [-0.4, -0.2) is 42.3 Å². The molecule has 0 aliphatic carbocycles. The van der Waals surface area contributed by atoms with E-state index in [-0.39, 0.29) is 32.1 Å². The third-order valence-corrected chi connectivity index (χ3v) is 6.38. The standard InChI is InChI=1S/C28H28ClN5O4/c29-24-10-6-20(7-11-24)17-31-27(36)28(16-22-4-1-2-5-23(22)18-32-34-30)19-38-26(33-28)21-8-12-25(13-9-21)37-15-3-14-35/h1-2,4-13,35H,3,14-19H2,(H,31,36)/t28-/m1/s1. The van der Waals surface area contributed by atoms with E-state index in [0.29, 0.717) is 41.8 Å². The van der Waals surface area contributed by atoms with Crippen LogP contribution in [0.3, 0.4) is 0 Å². The zero-order chi connectivity index (χ0) is 26.8. The molecule has 196 valence electrons. The van der Waals surface area contributed by atoms with Crippen molar-refractivity contribution in [2.45, 2.75) is 31.5 Å². The van der Waals surface area contributed by atoms with Crippen molar-refractivity contribution in [3.05, 3.63) is 111 Å². The van der Waals surface area contributed by atoms with Crippen LogP contribution in [0.25, 0.3) is 10.4 Å². The summed E-state index contributed by atoms with van der Waals surface area (Å²) in [6, 6.07) is 22.0. The molecule has 0 spiro atoms. The summed E-state index contributed by atoms with van der Waals surface area (Å²) in [5.74, 6) is 0.755. The molecule has 1 aliphatic rings. The molecule has 2 N–H and O–H groups in total. The van der Waals surface area contributed by atoms with Crippen LogP contribution in [0.2, 0.25) is 5.02 Å². The Kier molecular flexibility index (Phi) is 9.21. The van der Waals surface area contributed by atoms with Crippen molar-refractivity contribution in [3.63, 3.8) is 0 Å². The molecule has 1 amide bonds. The van der Waals surface area contributed by atoms with Crippen LogP contribution in [-0.2, 0) is 29.0 Å². The fourth-order valence-corrected chi connectivity index (χ4v) is 4.21. The summed E-state index contributed by atoms with van der Waals surface area (Å²) >= 11 is 5.99. The Morgan fingerprint density at radius 2 is 1.87 bits per heavy atom. The molecule has 3 aromatic carbocycles. The van der Waals surface area contributed by atoms with Gasteiger partial charge >= 0.3 is 0 Å². The molecule has 0 saturated heterocycles. The monoisotopic (exact) mass is 533 g/mol. The van der Waals surface area contributed by atoms with Gasteiger partial charge in [0.15, 0.2) is 5.54 Å². The van der Waals surface area contributed by atoms with Gasteiger partial charge in [0.05, 0.1) is 13.2 Å². The summed E-state index contributed by atoms with van der Waals surface area (Å²) in [7, 11) is 0. The van der Waals surface area contributed by atoms with E-state index >= 15 is 0 Å². The highest BCUT2D eigenvalue weighted by Crippen LogP contribution is 2.29. The normalized spacial score (nSPS) is 16.2. The number of aliphatic hydroxyl groups is 1. The number of nitrogens with zero attached hydrogens (tertiary/aromatic N) is 4. The fraction of sp³-hybridized carbons (Fsp3) is 0.286. The van der Waals surface area contributed by atoms with Crippen molar-refractivity contribution >= 4 is 23.4 Å². The van der Waals surface area contributed by atoms with Crippen LogP contribution in [0.5, 0.6) is 5.75 Å². The number of ether oxygens (including phenoxy) is 2. The van der Waals surface area contributed by atoms with E-state index in [4.69, 9.17) is 36.7 Å². The number of azide groups is 1. The molecule has 1 atom stereocenters. The van der Waals surface area contributed by atoms with Gasteiger partial charge in [0.2, 0.25) is 5.90 Å². The first-order valence-corrected chi connectivity index (χ1v) is 12.6. The molecule has 0 fully saturated rings. The predicted molar refractivity (Wildman–Crippen MR) is 145 cm³/mol. The first kappa shape index (κ1) is 27.0. The zero-order valence-electron chi connectivity index (χ0n) is 20.7. The van der Waals surface area contributed by atoms with Gasteiger partial charge in [-0.2, -0.15) is 0 Å². The van der Waals surface area contributed by atoms with E-state index in [1.165, 1.54) is 0 Å². The lowest BCUT2D eigenvalue weighted by Gasteiger charge is -2.24. The molecule has 0 unspecified atom stereocenters. The molecular weight excluding hydrogens is 506 g/mol. The second-order valence-corrected chi connectivity index (χ2v) is 9.27. The number of rotatable bonds is 12. The molecule has 1 heterocycles. The Bertz CT molecular complexity index is 1320. The maximum atomic E-state index is 13.7. The third-order valence-electron chi connectivity index (χ3n) is 6.13. The molecule has 1 aliphatic heterocycles. The number of carbonyl (C=O) groups excluding carboxylic acids is 1. The SMILES string of the molecule is [N-]=[N+]=NCc1ccccc1C[C@]1(C(=O)NCc2ccc(Cl)cc2)COC(c2ccc(OCCCO)cc2)=N1. The van der Waals surface area contributed by atoms with Gasteiger partial charge in [0.25, 0.3) is 5.91 Å². The van der Waals surface area contributed by atoms with E-state index in [2.05, 4.69) is 15.3 Å². The second kappa shape index (κ2) is 13.0. The van der Waals surface area contributed by atoms with Crippen molar-refractivity contribution in [1.82, 2.24) is 5.32 Å². The van der Waals surface area contributed by atoms with E-state index in [9.17, 15) is 4.79 Å². The van der Waals surface area contributed by atoms with Gasteiger partial charge in [-0.15, -0.1) is 0 Å². The average molecular weight is 534 g/mol. The smallest absolute Gasteiger partial charge is 0.252 e. The quantitative estimate of drug-likeness (QED) is 0.147. The molecule has 9 nitrogen and oxygen atoms in total. The fourth-order valence-electron chi connectivity index (χ4n) is 4.09. The van der Waals surface area contributed by atoms with E-state index in [1.54, 1.807) is 24.3 Å². The van der Waals surface area contributed by atoms with Crippen molar-refractivity contribution in [1.29, 1.82) is 0 Å². The van der Waals surface area contributed by atoms with Gasteiger partial charge in [-0.25, -0.2) is 4.99 Å². The molecule has 0 bridgehead atoms. The highest BCUT2D eigenvalue weighted by atomic mass is 35.5. The Balaban J connectivity index is 1.60. The Morgan fingerprint density at radius 1 is 1.13 bits per heavy atom. The average Bonchev–Trinajstić information content (AvgIpc) is 3.38. The van der Waals surface area contributed by atoms with Crippen LogP contribution in [0.4, 0.5) is 0 Å². The minimum Gasteiger partial charge on any atom is -0.494 e. The largest absolute Gasteiger partial charge is 0.494 e. The maximum absolute atomic E-state index is 13.7. The van der Waals surface area contributed by atoms with Crippen LogP contribution in [0, 0.1) is 0 Å². The van der Waals surface area contributed by atoms with E-state index in [0.717, 1.165) is 16.7 Å². The van der Waals surface area contributed by atoms with Crippen LogP contribution in [0.15, 0.2) is 82.9 Å². The van der Waals surface area contributed by atoms with Crippen LogP contribution >= 0.6 is 11.6 Å². The predicted octanol–water partition coefficient (Wildman–Crippen LogP) is 4.99. The first-order chi connectivity index (χ1) is 18.5. The summed E-state index contributed by atoms with van der Waals surface area (Å²) in [6.07, 6.45) is 0.814. The molecule has 38 heavy (non-hydrogen) atoms. The van der Waals surface area contributed by atoms with Gasteiger partial charge in [-0.3, -0.25) is 4.79 Å². The number of benzene rings is 3. The first-order valence-electron chi connectivity index (χ1n) is 12.2. The minimum atomic E-state index is -1.22. The molecule has 0 saturated carbocycles. The molecule has 0 radical (unpaired) electrons. The van der Waals surface area contributed by atoms with Gasteiger partial charge in [0.1, 0.15) is 12.4 Å². The second-order valence-electron chi connectivity index (χ2n) is 8.83. The van der Waals surface area contributed by atoms with Crippen molar-refractivity contribution in [2.24, 2.45) is 10.1 Å². The van der Waals surface area contributed by atoms with Crippen molar-refractivity contribution < 1.29 is 19.4 Å². The Labute approximate surface area is 225 Å². The van der Waals surface area contributed by atoms with Crippen molar-refractivity contribution in [3.8, 4) is 5.75 Å². The Morgan fingerprint density at radius 3 is 2.58 bits per heavy atom. The summed E-state index contributed by atoms with van der Waals surface area (Å²) in [4.78, 5) is 21.4. The van der Waals surface area contributed by atoms with Gasteiger partial charge < -0.3 is 19.9 Å². The lowest BCUT2D eigenvalue weighted by Crippen LogP contribution is -2.48. The molecule has 0 aromatic heterocycles. The third kappa shape index (κ3) is 6.83. The lowest BCUT2D eigenvalue weighted by molar-refractivity contribution is -0.126. The topological polar surface area (TPSA) is 129 Å². The zero-order valence-corrected chi connectivity index (χ0v) is 21.5. The summed E-state index contributed by atoms with van der Waals surface area (Å²) in [5, 5.41) is 16.3. The Hall–Kier alpha value is -4.04. The molecular formula is C28H28ClN5O4. The minimum absolute atomic E-state index is 0.0549. The number of aliphatic hydroxyl groups excluding tert-OH is 1. The number of amides is 1. The number of hydrogen-bond acceptors (Lipinski definition) is 6. The summed E-state index contributed by atoms with van der Waals surface area (Å²) < 4.78 is 11.6. The van der Waals surface area contributed by atoms with Crippen LogP contribution in [0.1, 0.15) is 28.7 Å². The number of halogens is 1. The number of aliphatic imine (C=N–C) groups is 1.